The summed E-state index contributed by atoms with van der Waals surface area (Å²) in [4.78, 5) is 13.5. The van der Waals surface area contributed by atoms with Crippen LogP contribution in [0.25, 0.3) is 0 Å². The Morgan fingerprint density at radius 1 is 1.33 bits per heavy atom. The molecule has 0 aromatic heterocycles. The average molecular weight is 204 g/mol. The molecule has 1 fully saturated rings. The summed E-state index contributed by atoms with van der Waals surface area (Å²) in [5.74, 6) is 0.223. The van der Waals surface area contributed by atoms with Crippen LogP contribution in [0, 0.1) is 0 Å². The molecule has 15 heavy (non-hydrogen) atoms. The van der Waals surface area contributed by atoms with Crippen LogP contribution in [0.3, 0.4) is 0 Å². The number of nitrogens with two attached hydrogens (primary N) is 1. The van der Waals surface area contributed by atoms with Crippen molar-refractivity contribution in [2.24, 2.45) is 5.73 Å². The van der Waals surface area contributed by atoms with Crippen molar-refractivity contribution in [3.8, 4) is 0 Å². The lowest BCUT2D eigenvalue weighted by Crippen LogP contribution is -2.45. The molecule has 2 rings (SSSR count). The highest BCUT2D eigenvalue weighted by Crippen LogP contribution is 2.13. The maximum absolute atomic E-state index is 11.6. The van der Waals surface area contributed by atoms with E-state index in [2.05, 4.69) is 0 Å². The minimum absolute atomic E-state index is 0.145. The third kappa shape index (κ3) is 2.57. The van der Waals surface area contributed by atoms with Gasteiger partial charge in [-0.05, 0) is 12.0 Å². The number of likely N-dealkylation sites (tertiary alicyclic amines) is 1. The molecular weight excluding hydrogens is 188 g/mol. The number of carbonyl (C=O) groups is 1. The Kier molecular flexibility index (Phi) is 3.02. The number of rotatable bonds is 2. The van der Waals surface area contributed by atoms with E-state index < -0.39 is 0 Å². The zero-order chi connectivity index (χ0) is 10.7. The highest BCUT2D eigenvalue weighted by Gasteiger charge is 2.22. The molecule has 1 amide bonds. The van der Waals surface area contributed by atoms with E-state index in [1.54, 1.807) is 0 Å². The van der Waals surface area contributed by atoms with Crippen LogP contribution in [0.4, 0.5) is 0 Å². The first-order valence-corrected chi connectivity index (χ1v) is 5.33. The van der Waals surface area contributed by atoms with E-state index in [9.17, 15) is 4.79 Å². The predicted octanol–water partition coefficient (Wildman–Crippen LogP) is 1.14. The lowest BCUT2D eigenvalue weighted by atomic mass is 10.1. The zero-order valence-corrected chi connectivity index (χ0v) is 8.73. The first kappa shape index (κ1) is 10.2. The van der Waals surface area contributed by atoms with Crippen LogP contribution in [0.2, 0.25) is 0 Å². The standard InChI is InChI=1S/C12H16N2O/c13-11-6-7-12(15)14(9-11)8-10-4-2-1-3-5-10/h1-5,11H,6-9,13H2/t11-/m0/s1. The molecule has 1 atom stereocenters. The van der Waals surface area contributed by atoms with Gasteiger partial charge in [0.25, 0.3) is 0 Å². The van der Waals surface area contributed by atoms with Crippen molar-refractivity contribution in [1.82, 2.24) is 4.90 Å². The van der Waals surface area contributed by atoms with Gasteiger partial charge in [0, 0.05) is 25.6 Å². The molecule has 0 radical (unpaired) electrons. The topological polar surface area (TPSA) is 46.3 Å². The SMILES string of the molecule is N[C@H]1CCC(=O)N(Cc2ccccc2)C1. The Hall–Kier alpha value is -1.35. The lowest BCUT2D eigenvalue weighted by molar-refractivity contribution is -0.134. The maximum atomic E-state index is 11.6. The van der Waals surface area contributed by atoms with E-state index in [0.717, 1.165) is 6.42 Å². The van der Waals surface area contributed by atoms with Gasteiger partial charge in [0.15, 0.2) is 0 Å². The lowest BCUT2D eigenvalue weighted by Gasteiger charge is -2.30. The quantitative estimate of drug-likeness (QED) is 0.785. The number of carbonyl (C=O) groups excluding carboxylic acids is 1. The summed E-state index contributed by atoms with van der Waals surface area (Å²) in [6, 6.07) is 10.2. The van der Waals surface area contributed by atoms with Gasteiger partial charge in [0.2, 0.25) is 5.91 Å². The molecule has 1 aliphatic heterocycles. The number of piperidine rings is 1. The number of hydrogen-bond donors (Lipinski definition) is 1. The van der Waals surface area contributed by atoms with Crippen molar-refractivity contribution in [2.45, 2.75) is 25.4 Å². The second kappa shape index (κ2) is 4.45. The van der Waals surface area contributed by atoms with Crippen LogP contribution in [0.15, 0.2) is 30.3 Å². The monoisotopic (exact) mass is 204 g/mol. The Labute approximate surface area is 89.9 Å². The Bertz CT molecular complexity index is 337. The van der Waals surface area contributed by atoms with Gasteiger partial charge >= 0.3 is 0 Å². The fourth-order valence-electron chi connectivity index (χ4n) is 1.90. The van der Waals surface area contributed by atoms with E-state index >= 15 is 0 Å². The van der Waals surface area contributed by atoms with E-state index in [1.807, 2.05) is 35.2 Å². The van der Waals surface area contributed by atoms with Gasteiger partial charge in [-0.15, -0.1) is 0 Å². The molecule has 1 saturated heterocycles. The van der Waals surface area contributed by atoms with Gasteiger partial charge in [0.1, 0.15) is 0 Å². The summed E-state index contributed by atoms with van der Waals surface area (Å²) >= 11 is 0. The van der Waals surface area contributed by atoms with Gasteiger partial charge in [0.05, 0.1) is 0 Å². The molecule has 1 aromatic rings. The molecule has 0 bridgehead atoms. The second-order valence-corrected chi connectivity index (χ2v) is 4.06. The molecule has 0 unspecified atom stereocenters. The molecule has 1 heterocycles. The summed E-state index contributed by atoms with van der Waals surface area (Å²) in [6.45, 7) is 1.38. The maximum Gasteiger partial charge on any atom is 0.222 e. The highest BCUT2D eigenvalue weighted by molar-refractivity contribution is 5.77. The van der Waals surface area contributed by atoms with Crippen LogP contribution in [-0.2, 0) is 11.3 Å². The molecule has 1 aromatic carbocycles. The van der Waals surface area contributed by atoms with Crippen LogP contribution in [0.5, 0.6) is 0 Å². The molecule has 0 spiro atoms. The predicted molar refractivity (Wildman–Crippen MR) is 59.1 cm³/mol. The normalized spacial score (nSPS) is 21.8. The fraction of sp³-hybridized carbons (Fsp3) is 0.417. The van der Waals surface area contributed by atoms with Gasteiger partial charge in [-0.3, -0.25) is 4.79 Å². The molecule has 0 aliphatic carbocycles. The summed E-state index contributed by atoms with van der Waals surface area (Å²) in [5, 5.41) is 0. The van der Waals surface area contributed by atoms with E-state index in [4.69, 9.17) is 5.73 Å². The molecule has 0 saturated carbocycles. The summed E-state index contributed by atoms with van der Waals surface area (Å²) in [5.41, 5.74) is 7.01. The molecule has 80 valence electrons. The smallest absolute Gasteiger partial charge is 0.222 e. The summed E-state index contributed by atoms with van der Waals surface area (Å²) < 4.78 is 0. The van der Waals surface area contributed by atoms with E-state index in [1.165, 1.54) is 5.56 Å². The molecule has 3 heteroatoms. The molecule has 3 nitrogen and oxygen atoms in total. The summed E-state index contributed by atoms with van der Waals surface area (Å²) in [6.07, 6.45) is 1.41. The van der Waals surface area contributed by atoms with E-state index in [0.29, 0.717) is 19.5 Å². The third-order valence-electron chi connectivity index (χ3n) is 2.75. The highest BCUT2D eigenvalue weighted by atomic mass is 16.2. The average Bonchev–Trinajstić information content (AvgIpc) is 2.25. The van der Waals surface area contributed by atoms with Crippen molar-refractivity contribution in [3.63, 3.8) is 0 Å². The summed E-state index contributed by atoms with van der Waals surface area (Å²) in [7, 11) is 0. The Morgan fingerprint density at radius 3 is 2.80 bits per heavy atom. The van der Waals surface area contributed by atoms with Crippen molar-refractivity contribution < 1.29 is 4.79 Å². The zero-order valence-electron chi connectivity index (χ0n) is 8.73. The molecule has 2 N–H and O–H groups in total. The van der Waals surface area contributed by atoms with Gasteiger partial charge in [-0.2, -0.15) is 0 Å². The largest absolute Gasteiger partial charge is 0.337 e. The van der Waals surface area contributed by atoms with Crippen LogP contribution < -0.4 is 5.73 Å². The number of nitrogens with zero attached hydrogens (tertiary/aromatic N) is 1. The van der Waals surface area contributed by atoms with Crippen molar-refractivity contribution in [2.75, 3.05) is 6.54 Å². The van der Waals surface area contributed by atoms with Crippen molar-refractivity contribution in [3.05, 3.63) is 35.9 Å². The van der Waals surface area contributed by atoms with Crippen LogP contribution in [0.1, 0.15) is 18.4 Å². The van der Waals surface area contributed by atoms with Crippen molar-refractivity contribution >= 4 is 5.91 Å². The minimum Gasteiger partial charge on any atom is -0.337 e. The van der Waals surface area contributed by atoms with Crippen LogP contribution >= 0.6 is 0 Å². The Morgan fingerprint density at radius 2 is 2.07 bits per heavy atom. The van der Waals surface area contributed by atoms with Crippen LogP contribution in [-0.4, -0.2) is 23.4 Å². The van der Waals surface area contributed by atoms with Gasteiger partial charge in [-0.25, -0.2) is 0 Å². The minimum atomic E-state index is 0.145. The first-order valence-electron chi connectivity index (χ1n) is 5.33. The first-order chi connectivity index (χ1) is 7.25. The number of amides is 1. The van der Waals surface area contributed by atoms with Gasteiger partial charge in [-0.1, -0.05) is 30.3 Å². The Balaban J connectivity index is 2.01. The third-order valence-corrected chi connectivity index (χ3v) is 2.75. The number of hydrogen-bond acceptors (Lipinski definition) is 2. The number of benzene rings is 1. The van der Waals surface area contributed by atoms with Crippen molar-refractivity contribution in [1.29, 1.82) is 0 Å². The fourth-order valence-corrected chi connectivity index (χ4v) is 1.90. The van der Waals surface area contributed by atoms with Gasteiger partial charge < -0.3 is 10.6 Å². The second-order valence-electron chi connectivity index (χ2n) is 4.06. The van der Waals surface area contributed by atoms with E-state index in [-0.39, 0.29) is 11.9 Å². The molecule has 1 aliphatic rings. The molecular formula is C12H16N2O.